The number of anilines is 1. The molecule has 0 bridgehead atoms. The summed E-state index contributed by atoms with van der Waals surface area (Å²) in [5.74, 6) is 0.0955. The molecule has 0 fully saturated rings. The van der Waals surface area contributed by atoms with Gasteiger partial charge in [0.25, 0.3) is 0 Å². The van der Waals surface area contributed by atoms with Crippen molar-refractivity contribution >= 4 is 23.4 Å². The van der Waals surface area contributed by atoms with E-state index in [1.54, 1.807) is 11.8 Å². The van der Waals surface area contributed by atoms with E-state index in [0.29, 0.717) is 0 Å². The molecule has 2 aromatic carbocycles. The number of amides is 1. The number of carbonyl (C=O) groups excluding carboxylic acids is 1. The zero-order valence-electron chi connectivity index (χ0n) is 11.6. The van der Waals surface area contributed by atoms with Gasteiger partial charge < -0.3 is 5.32 Å². The van der Waals surface area contributed by atoms with Gasteiger partial charge >= 0.3 is 0 Å². The summed E-state index contributed by atoms with van der Waals surface area (Å²) in [6.07, 6.45) is 0.817. The fourth-order valence-corrected chi connectivity index (χ4v) is 3.70. The summed E-state index contributed by atoms with van der Waals surface area (Å²) in [5, 5.41) is 3.02. The molecule has 2 nitrogen and oxygen atoms in total. The first-order valence-corrected chi connectivity index (χ1v) is 7.64. The predicted molar refractivity (Wildman–Crippen MR) is 84.3 cm³/mol. The molecule has 1 atom stereocenters. The Bertz CT molecular complexity index is 666. The van der Waals surface area contributed by atoms with Gasteiger partial charge in [-0.2, -0.15) is 0 Å². The standard InChI is InChI=1S/C17H17NOS/c1-11-7-8-13-10-16(20-15(13)9-11)17(19)18-14-6-4-3-5-12(14)2/h3-9,16H,10H2,1-2H3,(H,18,19)/t16-/m0/s1. The van der Waals surface area contributed by atoms with Crippen molar-refractivity contribution in [3.05, 3.63) is 59.2 Å². The van der Waals surface area contributed by atoms with Crippen LogP contribution in [0.25, 0.3) is 0 Å². The Balaban J connectivity index is 1.73. The summed E-state index contributed by atoms with van der Waals surface area (Å²) in [4.78, 5) is 13.6. The predicted octanol–water partition coefficient (Wildman–Crippen LogP) is 3.96. The maximum atomic E-state index is 12.4. The van der Waals surface area contributed by atoms with Crippen LogP contribution in [0.4, 0.5) is 5.69 Å². The molecular formula is C17H17NOS. The van der Waals surface area contributed by atoms with Gasteiger partial charge in [-0.3, -0.25) is 4.79 Å². The maximum absolute atomic E-state index is 12.4. The second-order valence-corrected chi connectivity index (χ2v) is 6.47. The number of thioether (sulfide) groups is 1. The van der Waals surface area contributed by atoms with Gasteiger partial charge in [-0.15, -0.1) is 11.8 Å². The van der Waals surface area contributed by atoms with Crippen molar-refractivity contribution in [3.8, 4) is 0 Å². The minimum atomic E-state index is -0.0218. The number of rotatable bonds is 2. The second kappa shape index (κ2) is 5.33. The third kappa shape index (κ3) is 2.59. The number of carbonyl (C=O) groups is 1. The van der Waals surface area contributed by atoms with Crippen molar-refractivity contribution in [2.75, 3.05) is 5.32 Å². The Morgan fingerprint density at radius 3 is 2.80 bits per heavy atom. The van der Waals surface area contributed by atoms with Crippen LogP contribution in [-0.4, -0.2) is 11.2 Å². The Kier molecular flexibility index (Phi) is 3.53. The lowest BCUT2D eigenvalue weighted by Gasteiger charge is -2.11. The molecule has 3 heteroatoms. The minimum Gasteiger partial charge on any atom is -0.325 e. The molecule has 102 valence electrons. The molecule has 0 saturated heterocycles. The fourth-order valence-electron chi connectivity index (χ4n) is 2.41. The first-order chi connectivity index (χ1) is 9.63. The Morgan fingerprint density at radius 2 is 2.00 bits per heavy atom. The summed E-state index contributed by atoms with van der Waals surface area (Å²) in [6, 6.07) is 14.3. The van der Waals surface area contributed by atoms with Crippen LogP contribution in [0.5, 0.6) is 0 Å². The first-order valence-electron chi connectivity index (χ1n) is 6.76. The monoisotopic (exact) mass is 283 g/mol. The summed E-state index contributed by atoms with van der Waals surface area (Å²) in [5.41, 5.74) is 4.53. The highest BCUT2D eigenvalue weighted by Crippen LogP contribution is 2.38. The van der Waals surface area contributed by atoms with Gasteiger partial charge in [0, 0.05) is 10.6 Å². The largest absolute Gasteiger partial charge is 0.325 e. The van der Waals surface area contributed by atoms with Gasteiger partial charge in [0.1, 0.15) is 0 Å². The third-order valence-electron chi connectivity index (χ3n) is 3.59. The molecule has 0 saturated carbocycles. The van der Waals surface area contributed by atoms with Crippen molar-refractivity contribution in [1.29, 1.82) is 0 Å². The highest BCUT2D eigenvalue weighted by molar-refractivity contribution is 8.01. The smallest absolute Gasteiger partial charge is 0.238 e. The number of nitrogens with one attached hydrogen (secondary N) is 1. The molecule has 0 radical (unpaired) electrons. The van der Waals surface area contributed by atoms with E-state index in [1.807, 2.05) is 31.2 Å². The van der Waals surface area contributed by atoms with E-state index >= 15 is 0 Å². The van der Waals surface area contributed by atoms with Crippen LogP contribution in [0.3, 0.4) is 0 Å². The maximum Gasteiger partial charge on any atom is 0.238 e. The SMILES string of the molecule is Cc1ccc2c(c1)S[C@H](C(=O)Nc1ccccc1C)C2. The van der Waals surface area contributed by atoms with Gasteiger partial charge in [0.05, 0.1) is 5.25 Å². The van der Waals surface area contributed by atoms with Crippen molar-refractivity contribution in [3.63, 3.8) is 0 Å². The van der Waals surface area contributed by atoms with Crippen LogP contribution < -0.4 is 5.32 Å². The van der Waals surface area contributed by atoms with Crippen molar-refractivity contribution in [2.24, 2.45) is 0 Å². The van der Waals surface area contributed by atoms with Crippen LogP contribution in [0.1, 0.15) is 16.7 Å². The van der Waals surface area contributed by atoms with E-state index in [2.05, 4.69) is 30.4 Å². The highest BCUT2D eigenvalue weighted by Gasteiger charge is 2.28. The second-order valence-electron chi connectivity index (χ2n) is 5.23. The van der Waals surface area contributed by atoms with E-state index in [9.17, 15) is 4.79 Å². The topological polar surface area (TPSA) is 29.1 Å². The van der Waals surface area contributed by atoms with Crippen molar-refractivity contribution in [2.45, 2.75) is 30.4 Å². The fraction of sp³-hybridized carbons (Fsp3) is 0.235. The average molecular weight is 283 g/mol. The number of aryl methyl sites for hydroxylation is 2. The van der Waals surface area contributed by atoms with Gasteiger partial charge in [-0.1, -0.05) is 35.9 Å². The zero-order valence-corrected chi connectivity index (χ0v) is 12.5. The molecule has 0 aromatic heterocycles. The first kappa shape index (κ1) is 13.3. The van der Waals surface area contributed by atoms with Crippen molar-refractivity contribution in [1.82, 2.24) is 0 Å². The van der Waals surface area contributed by atoms with Gasteiger partial charge in [-0.05, 0) is 43.5 Å². The molecule has 1 aliphatic heterocycles. The summed E-state index contributed by atoms with van der Waals surface area (Å²) >= 11 is 1.67. The lowest BCUT2D eigenvalue weighted by Crippen LogP contribution is -2.24. The summed E-state index contributed by atoms with van der Waals surface area (Å²) in [7, 11) is 0. The Labute approximate surface area is 123 Å². The number of fused-ring (bicyclic) bond motifs is 1. The van der Waals surface area contributed by atoms with Crippen LogP contribution in [0.15, 0.2) is 47.4 Å². The van der Waals surface area contributed by atoms with E-state index < -0.39 is 0 Å². The molecule has 3 rings (SSSR count). The normalized spacial score (nSPS) is 16.8. The van der Waals surface area contributed by atoms with E-state index in [4.69, 9.17) is 0 Å². The molecule has 20 heavy (non-hydrogen) atoms. The van der Waals surface area contributed by atoms with Crippen molar-refractivity contribution < 1.29 is 4.79 Å². The van der Waals surface area contributed by atoms with Crippen LogP contribution in [0, 0.1) is 13.8 Å². The molecular weight excluding hydrogens is 266 g/mol. The number of para-hydroxylation sites is 1. The molecule has 1 N–H and O–H groups in total. The summed E-state index contributed by atoms with van der Waals surface area (Å²) in [6.45, 7) is 4.09. The number of hydrogen-bond acceptors (Lipinski definition) is 2. The van der Waals surface area contributed by atoms with Crippen LogP contribution in [-0.2, 0) is 11.2 Å². The lowest BCUT2D eigenvalue weighted by molar-refractivity contribution is -0.115. The summed E-state index contributed by atoms with van der Waals surface area (Å²) < 4.78 is 0. The number of benzene rings is 2. The van der Waals surface area contributed by atoms with E-state index in [0.717, 1.165) is 17.7 Å². The van der Waals surface area contributed by atoms with Gasteiger partial charge in [0.2, 0.25) is 5.91 Å². The number of hydrogen-bond donors (Lipinski definition) is 1. The quantitative estimate of drug-likeness (QED) is 0.904. The molecule has 1 aliphatic rings. The Morgan fingerprint density at radius 1 is 1.20 bits per heavy atom. The average Bonchev–Trinajstić information content (AvgIpc) is 2.84. The molecule has 1 amide bonds. The molecule has 1 heterocycles. The van der Waals surface area contributed by atoms with Gasteiger partial charge in [-0.25, -0.2) is 0 Å². The molecule has 0 unspecified atom stereocenters. The minimum absolute atomic E-state index is 0.0218. The van der Waals surface area contributed by atoms with E-state index in [-0.39, 0.29) is 11.2 Å². The molecule has 0 aliphatic carbocycles. The molecule has 2 aromatic rings. The lowest BCUT2D eigenvalue weighted by atomic mass is 10.1. The van der Waals surface area contributed by atoms with E-state index in [1.165, 1.54) is 16.0 Å². The zero-order chi connectivity index (χ0) is 14.1. The van der Waals surface area contributed by atoms with Crippen LogP contribution in [0.2, 0.25) is 0 Å². The highest BCUT2D eigenvalue weighted by atomic mass is 32.2. The van der Waals surface area contributed by atoms with Crippen LogP contribution >= 0.6 is 11.8 Å². The Hall–Kier alpha value is -1.74. The third-order valence-corrected chi connectivity index (χ3v) is 4.89. The molecule has 0 spiro atoms. The van der Waals surface area contributed by atoms with Gasteiger partial charge in [0.15, 0.2) is 0 Å².